The van der Waals surface area contributed by atoms with E-state index in [4.69, 9.17) is 0 Å². The molecule has 5 heteroatoms. The van der Waals surface area contributed by atoms with Crippen molar-refractivity contribution in [1.29, 1.82) is 0 Å². The topological polar surface area (TPSA) is 54.5 Å². The predicted molar refractivity (Wildman–Crippen MR) is 37.4 cm³/mol. The molecule has 0 saturated carbocycles. The summed E-state index contributed by atoms with van der Waals surface area (Å²) in [5, 5.41) is 0. The molecule has 0 fully saturated rings. The fraction of sp³-hybridized carbons (Fsp3) is 0. The minimum absolute atomic E-state index is 0. The number of hydrogen-bond donors (Lipinski definition) is 1. The summed E-state index contributed by atoms with van der Waals surface area (Å²) in [6.07, 6.45) is 4.76. The van der Waals surface area contributed by atoms with Crippen LogP contribution >= 0.6 is 0 Å². The molecule has 0 amide bonds. The summed E-state index contributed by atoms with van der Waals surface area (Å²) in [5.74, 6) is 0. The summed E-state index contributed by atoms with van der Waals surface area (Å²) in [6, 6.07) is 0. The third-order valence-corrected chi connectivity index (χ3v) is 1.10. The summed E-state index contributed by atoms with van der Waals surface area (Å²) in [4.78, 5) is 14.5. The first-order chi connectivity index (χ1) is 4.47. The van der Waals surface area contributed by atoms with Crippen molar-refractivity contribution < 1.29 is 0 Å². The van der Waals surface area contributed by atoms with Crippen molar-refractivity contribution in [2.24, 2.45) is 0 Å². The van der Waals surface area contributed by atoms with E-state index in [2.05, 4.69) is 19.9 Å². The standard InChI is InChI=1S/C5H4N4.Te/c1-4-5(8-2-6-1)9-3-7-4;/h1-3H,(H,6,7,8,9);. The van der Waals surface area contributed by atoms with Crippen molar-refractivity contribution in [3.63, 3.8) is 0 Å². The van der Waals surface area contributed by atoms with E-state index in [9.17, 15) is 0 Å². The Labute approximate surface area is 73.8 Å². The van der Waals surface area contributed by atoms with Crippen LogP contribution in [0.25, 0.3) is 11.2 Å². The average molecular weight is 248 g/mol. The van der Waals surface area contributed by atoms with Crippen LogP contribution in [0.4, 0.5) is 0 Å². The van der Waals surface area contributed by atoms with Crippen molar-refractivity contribution in [1.82, 2.24) is 19.9 Å². The molecule has 0 saturated heterocycles. The Morgan fingerprint density at radius 2 is 2.20 bits per heavy atom. The van der Waals surface area contributed by atoms with Crippen LogP contribution in [0.5, 0.6) is 0 Å². The maximum absolute atomic E-state index is 3.91. The van der Waals surface area contributed by atoms with Gasteiger partial charge < -0.3 is 4.98 Å². The van der Waals surface area contributed by atoms with Crippen LogP contribution in [0.1, 0.15) is 0 Å². The van der Waals surface area contributed by atoms with Crippen LogP contribution in [0.3, 0.4) is 0 Å². The second-order valence-corrected chi connectivity index (χ2v) is 1.66. The maximum atomic E-state index is 3.91. The van der Waals surface area contributed by atoms with Crippen molar-refractivity contribution >= 4 is 34.8 Å². The van der Waals surface area contributed by atoms with Crippen LogP contribution in [-0.4, -0.2) is 43.6 Å². The molecule has 0 unspecified atom stereocenters. The molecule has 0 aromatic carbocycles. The molecule has 0 aliphatic heterocycles. The van der Waals surface area contributed by atoms with Crippen molar-refractivity contribution in [3.8, 4) is 0 Å². The molecule has 2 aromatic heterocycles. The molecular formula is C5H4N4Te. The van der Waals surface area contributed by atoms with Gasteiger partial charge in [0.25, 0.3) is 0 Å². The van der Waals surface area contributed by atoms with Crippen LogP contribution < -0.4 is 0 Å². The number of aromatic amines is 1. The largest absolute Gasteiger partial charge is 0.342 e. The van der Waals surface area contributed by atoms with Gasteiger partial charge in [0, 0.05) is 23.7 Å². The van der Waals surface area contributed by atoms with Crippen LogP contribution in [0.2, 0.25) is 0 Å². The number of nitrogens with one attached hydrogen (secondary N) is 1. The molecule has 2 aromatic rings. The Hall–Kier alpha value is -0.660. The number of aromatic nitrogens is 4. The van der Waals surface area contributed by atoms with E-state index in [1.165, 1.54) is 6.33 Å². The van der Waals surface area contributed by atoms with Crippen molar-refractivity contribution in [3.05, 3.63) is 18.9 Å². The van der Waals surface area contributed by atoms with Gasteiger partial charge in [0.1, 0.15) is 11.8 Å². The monoisotopic (exact) mass is 250 g/mol. The summed E-state index contributed by atoms with van der Waals surface area (Å²) < 4.78 is 0. The third kappa shape index (κ3) is 1.10. The van der Waals surface area contributed by atoms with Gasteiger partial charge >= 0.3 is 0 Å². The van der Waals surface area contributed by atoms with Gasteiger partial charge in [-0.3, -0.25) is 0 Å². The quantitative estimate of drug-likeness (QED) is 0.666. The van der Waals surface area contributed by atoms with Gasteiger partial charge in [0.2, 0.25) is 0 Å². The fourth-order valence-electron chi connectivity index (χ4n) is 0.691. The van der Waals surface area contributed by atoms with Crippen LogP contribution in [0.15, 0.2) is 18.9 Å². The van der Waals surface area contributed by atoms with Gasteiger partial charge in [-0.25, -0.2) is 15.0 Å². The SMILES string of the molecule is [Te].c1ncc2[nH]cnc2n1. The predicted octanol–water partition coefficient (Wildman–Crippen LogP) is -0.0279. The van der Waals surface area contributed by atoms with Gasteiger partial charge in [-0.05, 0) is 0 Å². The van der Waals surface area contributed by atoms with E-state index < -0.39 is 0 Å². The number of imidazole rings is 1. The van der Waals surface area contributed by atoms with E-state index in [-0.39, 0.29) is 23.7 Å². The van der Waals surface area contributed by atoms with Gasteiger partial charge in [-0.2, -0.15) is 0 Å². The minimum atomic E-state index is 0. The molecule has 10 heavy (non-hydrogen) atoms. The van der Waals surface area contributed by atoms with Crippen molar-refractivity contribution in [2.45, 2.75) is 0 Å². The Balaban J connectivity index is 0.000000500. The number of hydrogen-bond acceptors (Lipinski definition) is 3. The molecular weight excluding hydrogens is 244 g/mol. The summed E-state index contributed by atoms with van der Waals surface area (Å²) in [6.45, 7) is 0. The summed E-state index contributed by atoms with van der Waals surface area (Å²) in [7, 11) is 0. The molecule has 0 atom stereocenters. The number of H-pyrrole nitrogens is 1. The van der Waals surface area contributed by atoms with E-state index in [1.54, 1.807) is 12.5 Å². The average Bonchev–Trinajstić information content (AvgIpc) is 2.33. The number of fused-ring (bicyclic) bond motifs is 1. The Bertz CT molecular complexity index is 288. The van der Waals surface area contributed by atoms with Gasteiger partial charge in [-0.15, -0.1) is 0 Å². The van der Waals surface area contributed by atoms with Gasteiger partial charge in [0.15, 0.2) is 5.65 Å². The molecule has 50 valence electrons. The van der Waals surface area contributed by atoms with E-state index in [1.807, 2.05) is 0 Å². The summed E-state index contributed by atoms with van der Waals surface area (Å²) >= 11 is 0. The Morgan fingerprint density at radius 3 is 3.00 bits per heavy atom. The first-order valence-electron chi connectivity index (χ1n) is 2.56. The minimum Gasteiger partial charge on any atom is -0.342 e. The molecule has 0 aliphatic carbocycles. The number of nitrogens with zero attached hydrogens (tertiary/aromatic N) is 3. The normalized spacial score (nSPS) is 9.20. The molecule has 1 N–H and O–H groups in total. The first kappa shape index (κ1) is 7.45. The zero-order valence-electron chi connectivity index (χ0n) is 4.98. The van der Waals surface area contributed by atoms with Crippen LogP contribution in [-0.2, 0) is 0 Å². The molecule has 0 spiro atoms. The fourth-order valence-corrected chi connectivity index (χ4v) is 0.691. The molecule has 2 radical (unpaired) electrons. The molecule has 4 nitrogen and oxygen atoms in total. The Kier molecular flexibility index (Phi) is 2.20. The third-order valence-electron chi connectivity index (χ3n) is 1.10. The zero-order valence-corrected chi connectivity index (χ0v) is 7.31. The summed E-state index contributed by atoms with van der Waals surface area (Å²) in [5.41, 5.74) is 1.59. The van der Waals surface area contributed by atoms with Crippen molar-refractivity contribution in [2.75, 3.05) is 0 Å². The maximum Gasteiger partial charge on any atom is 0.180 e. The molecule has 2 heterocycles. The number of rotatable bonds is 0. The van der Waals surface area contributed by atoms with E-state index in [0.717, 1.165) is 5.52 Å². The first-order valence-corrected chi connectivity index (χ1v) is 2.56. The van der Waals surface area contributed by atoms with E-state index in [0.29, 0.717) is 5.65 Å². The second kappa shape index (κ2) is 2.95. The molecule has 0 bridgehead atoms. The van der Waals surface area contributed by atoms with Gasteiger partial charge in [-0.1, -0.05) is 0 Å². The molecule has 0 aliphatic rings. The Morgan fingerprint density at radius 1 is 1.30 bits per heavy atom. The smallest absolute Gasteiger partial charge is 0.180 e. The zero-order chi connectivity index (χ0) is 6.10. The van der Waals surface area contributed by atoms with E-state index >= 15 is 0 Å². The molecule has 2 rings (SSSR count). The second-order valence-electron chi connectivity index (χ2n) is 1.66. The van der Waals surface area contributed by atoms with Gasteiger partial charge in [0.05, 0.1) is 12.5 Å². The van der Waals surface area contributed by atoms with Crippen LogP contribution in [0, 0.1) is 0 Å².